The molecule has 0 aromatic heterocycles. The predicted molar refractivity (Wildman–Crippen MR) is 66.7 cm³/mol. The summed E-state index contributed by atoms with van der Waals surface area (Å²) in [4.78, 5) is 34.4. The van der Waals surface area contributed by atoms with Crippen molar-refractivity contribution in [3.05, 3.63) is 0 Å². The minimum atomic E-state index is -1.21. The van der Waals surface area contributed by atoms with E-state index in [9.17, 15) is 14.4 Å². The van der Waals surface area contributed by atoms with E-state index in [-0.39, 0.29) is 0 Å². The first-order chi connectivity index (χ1) is 8.93. The minimum absolute atomic E-state index is 0.423. The van der Waals surface area contributed by atoms with Gasteiger partial charge in [0.15, 0.2) is 0 Å². The molecule has 1 saturated heterocycles. The van der Waals surface area contributed by atoms with E-state index in [1.54, 1.807) is 0 Å². The number of carbonyl (C=O) groups excluding carboxylic acids is 1. The van der Waals surface area contributed by atoms with Crippen LogP contribution in [0.15, 0.2) is 0 Å². The highest BCUT2D eigenvalue weighted by Crippen LogP contribution is 2.20. The lowest BCUT2D eigenvalue weighted by Gasteiger charge is -2.32. The highest BCUT2D eigenvalue weighted by atomic mass is 16.4. The van der Waals surface area contributed by atoms with Crippen LogP contribution in [-0.4, -0.2) is 58.6 Å². The summed E-state index contributed by atoms with van der Waals surface area (Å²) < 4.78 is 0. The van der Waals surface area contributed by atoms with Crippen molar-refractivity contribution >= 4 is 17.8 Å². The Morgan fingerprint density at radius 3 is 2.26 bits per heavy atom. The molecule has 3 N–H and O–H groups in total. The number of nitrogens with zero attached hydrogens (tertiary/aromatic N) is 1. The van der Waals surface area contributed by atoms with Crippen molar-refractivity contribution in [1.82, 2.24) is 10.2 Å². The van der Waals surface area contributed by atoms with Crippen molar-refractivity contribution < 1.29 is 24.6 Å². The quantitative estimate of drug-likeness (QED) is 0.616. The number of piperidine rings is 1. The number of hydrogen-bond acceptors (Lipinski definition) is 4. The Morgan fingerprint density at radius 2 is 1.79 bits per heavy atom. The van der Waals surface area contributed by atoms with Crippen molar-refractivity contribution in [3.8, 4) is 0 Å². The third kappa shape index (κ3) is 4.86. The Bertz CT molecular complexity index is 342. The summed E-state index contributed by atoms with van der Waals surface area (Å²) in [6.07, 6.45) is 2.58. The van der Waals surface area contributed by atoms with Gasteiger partial charge in [0.1, 0.15) is 13.1 Å². The summed E-state index contributed by atoms with van der Waals surface area (Å²) in [6, 6.07) is -0.475. The van der Waals surface area contributed by atoms with Crippen LogP contribution in [0.3, 0.4) is 0 Å². The Morgan fingerprint density at radius 1 is 1.21 bits per heavy atom. The molecule has 1 aliphatic rings. The van der Waals surface area contributed by atoms with Gasteiger partial charge >= 0.3 is 11.9 Å². The molecule has 0 radical (unpaired) electrons. The largest absolute Gasteiger partial charge is 0.480 e. The van der Waals surface area contributed by atoms with E-state index in [0.717, 1.165) is 17.7 Å². The molecule has 1 rings (SSSR count). The molecule has 1 amide bonds. The Hall–Kier alpha value is -1.63. The first kappa shape index (κ1) is 15.4. The molecule has 0 aromatic rings. The van der Waals surface area contributed by atoms with Crippen LogP contribution in [0, 0.1) is 5.92 Å². The number of carboxylic acids is 2. The molecule has 0 aromatic carbocycles. The van der Waals surface area contributed by atoms with Crippen molar-refractivity contribution in [1.29, 1.82) is 0 Å². The van der Waals surface area contributed by atoms with E-state index in [4.69, 9.17) is 10.2 Å². The average Bonchev–Trinajstić information content (AvgIpc) is 2.36. The van der Waals surface area contributed by atoms with Gasteiger partial charge in [0.25, 0.3) is 0 Å². The number of rotatable bonds is 6. The molecule has 7 heteroatoms. The summed E-state index contributed by atoms with van der Waals surface area (Å²) in [7, 11) is 0. The minimum Gasteiger partial charge on any atom is -0.480 e. The fourth-order valence-electron chi connectivity index (χ4n) is 2.31. The average molecular weight is 272 g/mol. The van der Waals surface area contributed by atoms with Crippen LogP contribution in [0.5, 0.6) is 0 Å². The van der Waals surface area contributed by atoms with E-state index in [1.165, 1.54) is 0 Å². The SMILES string of the molecule is CCC1CCNC(C(=O)N(CC(=O)O)CC(=O)O)C1. The number of amides is 1. The maximum absolute atomic E-state index is 12.2. The first-order valence-electron chi connectivity index (χ1n) is 6.39. The Labute approximate surface area is 111 Å². The molecule has 7 nitrogen and oxygen atoms in total. The maximum atomic E-state index is 12.2. The lowest BCUT2D eigenvalue weighted by atomic mass is 9.90. The third-order valence-corrected chi connectivity index (χ3v) is 3.35. The molecule has 1 heterocycles. The van der Waals surface area contributed by atoms with Crippen molar-refractivity contribution in [2.45, 2.75) is 32.2 Å². The fourth-order valence-corrected chi connectivity index (χ4v) is 2.31. The molecule has 0 spiro atoms. The lowest BCUT2D eigenvalue weighted by Crippen LogP contribution is -2.52. The van der Waals surface area contributed by atoms with Crippen molar-refractivity contribution in [3.63, 3.8) is 0 Å². The lowest BCUT2D eigenvalue weighted by molar-refractivity contribution is -0.150. The monoisotopic (exact) mass is 272 g/mol. The molecule has 2 unspecified atom stereocenters. The van der Waals surface area contributed by atoms with Gasteiger partial charge < -0.3 is 20.4 Å². The van der Waals surface area contributed by atoms with Crippen molar-refractivity contribution in [2.75, 3.05) is 19.6 Å². The van der Waals surface area contributed by atoms with Crippen LogP contribution in [0.4, 0.5) is 0 Å². The van der Waals surface area contributed by atoms with Crippen LogP contribution >= 0.6 is 0 Å². The van der Waals surface area contributed by atoms with Crippen molar-refractivity contribution in [2.24, 2.45) is 5.92 Å². The summed E-state index contributed by atoms with van der Waals surface area (Å²) >= 11 is 0. The molecule has 0 saturated carbocycles. The second-order valence-corrected chi connectivity index (χ2v) is 4.79. The number of aliphatic carboxylic acids is 2. The van der Waals surface area contributed by atoms with Gasteiger partial charge in [-0.1, -0.05) is 13.3 Å². The topological polar surface area (TPSA) is 107 Å². The van der Waals surface area contributed by atoms with E-state index in [0.29, 0.717) is 18.9 Å². The molecule has 2 atom stereocenters. The third-order valence-electron chi connectivity index (χ3n) is 3.35. The van der Waals surface area contributed by atoms with E-state index < -0.39 is 37.0 Å². The van der Waals surface area contributed by atoms with Crippen LogP contribution < -0.4 is 5.32 Å². The zero-order chi connectivity index (χ0) is 14.4. The number of carboxylic acid groups (broad SMARTS) is 2. The molecule has 1 aliphatic heterocycles. The summed E-state index contributed by atoms with van der Waals surface area (Å²) in [5.74, 6) is -2.44. The van der Waals surface area contributed by atoms with Gasteiger partial charge in [0, 0.05) is 0 Å². The van der Waals surface area contributed by atoms with E-state index in [2.05, 4.69) is 5.32 Å². The van der Waals surface area contributed by atoms with Crippen LogP contribution in [0.25, 0.3) is 0 Å². The van der Waals surface area contributed by atoms with Gasteiger partial charge in [-0.2, -0.15) is 0 Å². The summed E-state index contributed by atoms with van der Waals surface area (Å²) in [6.45, 7) is 1.58. The van der Waals surface area contributed by atoms with Gasteiger partial charge in [0.2, 0.25) is 5.91 Å². The number of nitrogens with one attached hydrogen (secondary N) is 1. The number of carbonyl (C=O) groups is 3. The standard InChI is InChI=1S/C12H20N2O5/c1-2-8-3-4-13-9(5-8)12(19)14(6-10(15)16)7-11(17)18/h8-9,13H,2-7H2,1H3,(H,15,16)(H,17,18). The van der Waals surface area contributed by atoms with Crippen LogP contribution in [0.2, 0.25) is 0 Å². The summed E-state index contributed by atoms with van der Waals surface area (Å²) in [5, 5.41) is 20.5. The maximum Gasteiger partial charge on any atom is 0.323 e. The first-order valence-corrected chi connectivity index (χ1v) is 6.39. The molecule has 108 valence electrons. The highest BCUT2D eigenvalue weighted by Gasteiger charge is 2.31. The van der Waals surface area contributed by atoms with Crippen LogP contribution in [0.1, 0.15) is 26.2 Å². The highest BCUT2D eigenvalue weighted by molar-refractivity contribution is 5.88. The van der Waals surface area contributed by atoms with Crippen LogP contribution in [-0.2, 0) is 14.4 Å². The normalized spacial score (nSPS) is 22.8. The van der Waals surface area contributed by atoms with Gasteiger partial charge in [-0.05, 0) is 25.3 Å². The second-order valence-electron chi connectivity index (χ2n) is 4.79. The van der Waals surface area contributed by atoms with E-state index >= 15 is 0 Å². The second kappa shape index (κ2) is 7.08. The number of hydrogen-bond donors (Lipinski definition) is 3. The smallest absolute Gasteiger partial charge is 0.323 e. The van der Waals surface area contributed by atoms with Gasteiger partial charge in [-0.25, -0.2) is 0 Å². The Balaban J connectivity index is 2.68. The zero-order valence-electron chi connectivity index (χ0n) is 11.0. The molecular formula is C12H20N2O5. The van der Waals surface area contributed by atoms with E-state index in [1.807, 2.05) is 6.92 Å². The zero-order valence-corrected chi connectivity index (χ0v) is 11.0. The molecule has 19 heavy (non-hydrogen) atoms. The molecule has 0 aliphatic carbocycles. The predicted octanol–water partition coefficient (Wildman–Crippen LogP) is -0.238. The Kier molecular flexibility index (Phi) is 5.75. The van der Waals surface area contributed by atoms with Gasteiger partial charge in [0.05, 0.1) is 6.04 Å². The molecule has 0 bridgehead atoms. The fraction of sp³-hybridized carbons (Fsp3) is 0.750. The molecular weight excluding hydrogens is 252 g/mol. The summed E-state index contributed by atoms with van der Waals surface area (Å²) in [5.41, 5.74) is 0. The molecule has 1 fully saturated rings. The van der Waals surface area contributed by atoms with Gasteiger partial charge in [-0.3, -0.25) is 14.4 Å². The van der Waals surface area contributed by atoms with Gasteiger partial charge in [-0.15, -0.1) is 0 Å².